The predicted octanol–water partition coefficient (Wildman–Crippen LogP) is 2.62. The van der Waals surface area contributed by atoms with Gasteiger partial charge in [-0.2, -0.15) is 0 Å². The van der Waals surface area contributed by atoms with Gasteiger partial charge in [0, 0.05) is 17.1 Å². The second-order valence-electron chi connectivity index (χ2n) is 4.26. The Bertz CT molecular complexity index is 729. The van der Waals surface area contributed by atoms with Crippen LogP contribution in [0, 0.1) is 0 Å². The van der Waals surface area contributed by atoms with Gasteiger partial charge in [-0.25, -0.2) is 13.1 Å². The van der Waals surface area contributed by atoms with Crippen molar-refractivity contribution in [1.82, 2.24) is 4.72 Å². The van der Waals surface area contributed by atoms with Gasteiger partial charge in [0.1, 0.15) is 10.6 Å². The lowest BCUT2D eigenvalue weighted by atomic mass is 10.3. The van der Waals surface area contributed by atoms with Crippen LogP contribution in [0.15, 0.2) is 39.0 Å². The first kappa shape index (κ1) is 16.3. The van der Waals surface area contributed by atoms with Crippen LogP contribution >= 0.6 is 27.3 Å². The molecule has 0 fully saturated rings. The van der Waals surface area contributed by atoms with Crippen LogP contribution in [0.5, 0.6) is 5.75 Å². The molecule has 21 heavy (non-hydrogen) atoms. The predicted molar refractivity (Wildman–Crippen MR) is 88.3 cm³/mol. The Kier molecular flexibility index (Phi) is 5.26. The van der Waals surface area contributed by atoms with E-state index in [9.17, 15) is 8.42 Å². The number of ether oxygens (including phenoxy) is 1. The first-order valence-electron chi connectivity index (χ1n) is 6.10. The lowest BCUT2D eigenvalue weighted by molar-refractivity contribution is 0.402. The Balaban J connectivity index is 2.09. The van der Waals surface area contributed by atoms with E-state index in [-0.39, 0.29) is 10.6 Å². The van der Waals surface area contributed by atoms with Gasteiger partial charge in [0.2, 0.25) is 10.0 Å². The summed E-state index contributed by atoms with van der Waals surface area (Å²) in [4.78, 5) is 1.15. The molecule has 0 bridgehead atoms. The Labute approximate surface area is 136 Å². The van der Waals surface area contributed by atoms with E-state index in [0.717, 1.165) is 8.66 Å². The number of thiophene rings is 1. The Morgan fingerprint density at radius 1 is 1.33 bits per heavy atom. The molecule has 0 atom stereocenters. The van der Waals surface area contributed by atoms with Crippen LogP contribution < -0.4 is 15.2 Å². The lowest BCUT2D eigenvalue weighted by Crippen LogP contribution is -2.26. The molecule has 0 radical (unpaired) electrons. The number of rotatable bonds is 6. The van der Waals surface area contributed by atoms with E-state index in [0.29, 0.717) is 18.7 Å². The van der Waals surface area contributed by atoms with Gasteiger partial charge in [0.15, 0.2) is 0 Å². The first-order valence-corrected chi connectivity index (χ1v) is 9.19. The average molecular weight is 391 g/mol. The van der Waals surface area contributed by atoms with Crippen LogP contribution in [-0.4, -0.2) is 22.1 Å². The van der Waals surface area contributed by atoms with Gasteiger partial charge in [-0.3, -0.25) is 0 Å². The van der Waals surface area contributed by atoms with Gasteiger partial charge < -0.3 is 10.5 Å². The average Bonchev–Trinajstić information content (AvgIpc) is 2.84. The molecule has 114 valence electrons. The van der Waals surface area contributed by atoms with Crippen molar-refractivity contribution in [3.63, 3.8) is 0 Å². The SMILES string of the molecule is COc1ccc(N)cc1S(=O)(=O)NCCc1ccc(Br)s1. The second-order valence-corrected chi connectivity index (χ2v) is 8.55. The van der Waals surface area contributed by atoms with Crippen molar-refractivity contribution < 1.29 is 13.2 Å². The highest BCUT2D eigenvalue weighted by Gasteiger charge is 2.19. The molecule has 0 spiro atoms. The van der Waals surface area contributed by atoms with Crippen LogP contribution in [0.3, 0.4) is 0 Å². The second kappa shape index (κ2) is 6.78. The van der Waals surface area contributed by atoms with E-state index >= 15 is 0 Å². The summed E-state index contributed by atoms with van der Waals surface area (Å²) in [6.45, 7) is 0.313. The number of hydrogen-bond donors (Lipinski definition) is 2. The Hall–Kier alpha value is -1.09. The van der Waals surface area contributed by atoms with Gasteiger partial charge in [-0.1, -0.05) is 0 Å². The standard InChI is InChI=1S/C13H15BrN2O3S2/c1-19-11-4-2-9(15)8-12(11)21(17,18)16-7-6-10-3-5-13(14)20-10/h2-5,8,16H,6-7,15H2,1H3. The molecule has 1 aromatic heterocycles. The third kappa shape index (κ3) is 4.19. The first-order chi connectivity index (χ1) is 9.92. The minimum Gasteiger partial charge on any atom is -0.495 e. The fraction of sp³-hybridized carbons (Fsp3) is 0.231. The van der Waals surface area contributed by atoms with E-state index in [1.807, 2.05) is 12.1 Å². The highest BCUT2D eigenvalue weighted by Crippen LogP contribution is 2.26. The van der Waals surface area contributed by atoms with Crippen LogP contribution in [0.25, 0.3) is 0 Å². The molecule has 2 rings (SSSR count). The molecule has 3 N–H and O–H groups in total. The zero-order chi connectivity index (χ0) is 15.5. The zero-order valence-corrected chi connectivity index (χ0v) is 14.5. The van der Waals surface area contributed by atoms with Crippen molar-refractivity contribution in [2.75, 3.05) is 19.4 Å². The minimum absolute atomic E-state index is 0.0531. The molecule has 0 aliphatic carbocycles. The Morgan fingerprint density at radius 2 is 2.10 bits per heavy atom. The maximum atomic E-state index is 12.3. The monoisotopic (exact) mass is 390 g/mol. The zero-order valence-electron chi connectivity index (χ0n) is 11.3. The van der Waals surface area contributed by atoms with Crippen LogP contribution in [-0.2, 0) is 16.4 Å². The van der Waals surface area contributed by atoms with Crippen molar-refractivity contribution in [3.8, 4) is 5.75 Å². The summed E-state index contributed by atoms with van der Waals surface area (Å²) in [5.74, 6) is 0.274. The molecule has 5 nitrogen and oxygen atoms in total. The van der Waals surface area contributed by atoms with Gasteiger partial charge in [0.05, 0.1) is 10.9 Å². The molecule has 0 saturated carbocycles. The number of halogens is 1. The molecule has 1 aromatic carbocycles. The quantitative estimate of drug-likeness (QED) is 0.742. The summed E-state index contributed by atoms with van der Waals surface area (Å²) < 4.78 is 33.3. The molecule has 0 unspecified atom stereocenters. The number of nitrogens with one attached hydrogen (secondary N) is 1. The molecular formula is C13H15BrN2O3S2. The Morgan fingerprint density at radius 3 is 2.71 bits per heavy atom. The van der Waals surface area contributed by atoms with Crippen LogP contribution in [0.1, 0.15) is 4.88 Å². The molecule has 0 amide bonds. The summed E-state index contributed by atoms with van der Waals surface area (Å²) in [7, 11) is -2.23. The molecule has 1 heterocycles. The molecule has 0 aliphatic heterocycles. The summed E-state index contributed by atoms with van der Waals surface area (Å²) in [6.07, 6.45) is 0.625. The number of benzene rings is 1. The smallest absolute Gasteiger partial charge is 0.244 e. The third-order valence-electron chi connectivity index (χ3n) is 2.77. The number of nitrogen functional groups attached to an aromatic ring is 1. The van der Waals surface area contributed by atoms with Gasteiger partial charge in [-0.05, 0) is 52.7 Å². The van der Waals surface area contributed by atoms with Crippen molar-refractivity contribution >= 4 is 43.0 Å². The lowest BCUT2D eigenvalue weighted by Gasteiger charge is -2.11. The topological polar surface area (TPSA) is 81.4 Å². The van der Waals surface area contributed by atoms with E-state index in [4.69, 9.17) is 10.5 Å². The normalized spacial score (nSPS) is 11.5. The third-order valence-corrected chi connectivity index (χ3v) is 5.94. The largest absolute Gasteiger partial charge is 0.495 e. The molecule has 8 heteroatoms. The van der Waals surface area contributed by atoms with E-state index in [1.54, 1.807) is 23.5 Å². The van der Waals surface area contributed by atoms with Crippen molar-refractivity contribution in [2.24, 2.45) is 0 Å². The number of sulfonamides is 1. The van der Waals surface area contributed by atoms with Crippen LogP contribution in [0.4, 0.5) is 5.69 Å². The van der Waals surface area contributed by atoms with Crippen molar-refractivity contribution in [3.05, 3.63) is 39.0 Å². The molecular weight excluding hydrogens is 376 g/mol. The highest BCUT2D eigenvalue weighted by molar-refractivity contribution is 9.11. The summed E-state index contributed by atoms with van der Waals surface area (Å²) in [5.41, 5.74) is 6.02. The minimum atomic E-state index is -3.65. The van der Waals surface area contributed by atoms with Crippen molar-refractivity contribution in [1.29, 1.82) is 0 Å². The van der Waals surface area contributed by atoms with E-state index in [1.165, 1.54) is 13.2 Å². The number of nitrogens with two attached hydrogens (primary N) is 1. The van der Waals surface area contributed by atoms with Crippen molar-refractivity contribution in [2.45, 2.75) is 11.3 Å². The number of anilines is 1. The summed E-state index contributed by atoms with van der Waals surface area (Å²) in [5, 5.41) is 0. The fourth-order valence-corrected chi connectivity index (χ4v) is 4.49. The van der Waals surface area contributed by atoms with Gasteiger partial charge >= 0.3 is 0 Å². The maximum Gasteiger partial charge on any atom is 0.244 e. The van der Waals surface area contributed by atoms with Crippen LogP contribution in [0.2, 0.25) is 0 Å². The highest BCUT2D eigenvalue weighted by atomic mass is 79.9. The summed E-state index contributed by atoms with van der Waals surface area (Å²) >= 11 is 4.96. The fourth-order valence-electron chi connectivity index (χ4n) is 1.78. The van der Waals surface area contributed by atoms with Gasteiger partial charge in [-0.15, -0.1) is 11.3 Å². The number of hydrogen-bond acceptors (Lipinski definition) is 5. The molecule has 2 aromatic rings. The summed E-state index contributed by atoms with van der Waals surface area (Å²) in [6, 6.07) is 8.43. The number of methoxy groups -OCH3 is 1. The molecule has 0 saturated heterocycles. The maximum absolute atomic E-state index is 12.3. The van der Waals surface area contributed by atoms with E-state index < -0.39 is 10.0 Å². The van der Waals surface area contributed by atoms with Gasteiger partial charge in [0.25, 0.3) is 0 Å². The molecule has 0 aliphatic rings. The van der Waals surface area contributed by atoms with E-state index in [2.05, 4.69) is 20.7 Å².